The molecule has 0 bridgehead atoms. The first kappa shape index (κ1) is 26.9. The minimum absolute atomic E-state index is 0.156. The van der Waals surface area contributed by atoms with E-state index in [1.54, 1.807) is 67.4 Å². The first-order chi connectivity index (χ1) is 16.9. The average molecular weight is 534 g/mol. The third-order valence-corrected chi connectivity index (χ3v) is 6.96. The minimum Gasteiger partial charge on any atom is -0.497 e. The number of benzene rings is 2. The summed E-state index contributed by atoms with van der Waals surface area (Å²) in [5, 5.41) is 15.9. The second-order valence-corrected chi connectivity index (χ2v) is 9.83. The van der Waals surface area contributed by atoms with Gasteiger partial charge in [-0.3, -0.25) is 9.59 Å². The van der Waals surface area contributed by atoms with Crippen molar-refractivity contribution in [1.29, 1.82) is 0 Å². The van der Waals surface area contributed by atoms with Crippen molar-refractivity contribution in [2.24, 2.45) is 0 Å². The number of thioether (sulfide) groups is 2. The summed E-state index contributed by atoms with van der Waals surface area (Å²) in [6.07, 6.45) is 2.72. The minimum atomic E-state index is -0.318. The summed E-state index contributed by atoms with van der Waals surface area (Å²) in [6.45, 7) is 2.60. The standard InChI is InChI=1S/C24H28ClN5O3S2/c1-4-30-22(20(13-14-34-3)27-23(32)16-5-11-19(33-2)12-6-16)28-29-24(30)35-15-21(31)26-18-9-7-17(25)8-10-18/h5-12,20H,4,13-15H2,1-3H3,(H,26,31)(H,27,32)/t20-/m0/s1. The summed E-state index contributed by atoms with van der Waals surface area (Å²) in [5.74, 6) is 2.03. The van der Waals surface area contributed by atoms with E-state index in [-0.39, 0.29) is 23.6 Å². The SMILES string of the molecule is CCn1c(SCC(=O)Nc2ccc(Cl)cc2)nnc1[C@H](CCSC)NC(=O)c1ccc(OC)cc1. The average Bonchev–Trinajstić information content (AvgIpc) is 3.29. The van der Waals surface area contributed by atoms with Crippen molar-refractivity contribution in [2.75, 3.05) is 30.2 Å². The zero-order valence-corrected chi connectivity index (χ0v) is 22.2. The molecule has 0 unspecified atom stereocenters. The molecule has 1 heterocycles. The highest BCUT2D eigenvalue weighted by atomic mass is 35.5. The van der Waals surface area contributed by atoms with Gasteiger partial charge in [0, 0.05) is 22.8 Å². The van der Waals surface area contributed by atoms with Gasteiger partial charge in [-0.05, 0) is 73.9 Å². The summed E-state index contributed by atoms with van der Waals surface area (Å²) < 4.78 is 7.11. The van der Waals surface area contributed by atoms with Crippen LogP contribution >= 0.6 is 35.1 Å². The van der Waals surface area contributed by atoms with Gasteiger partial charge in [0.2, 0.25) is 5.91 Å². The van der Waals surface area contributed by atoms with Crippen LogP contribution in [0.15, 0.2) is 53.7 Å². The highest BCUT2D eigenvalue weighted by Gasteiger charge is 2.23. The Morgan fingerprint density at radius 2 is 1.83 bits per heavy atom. The second kappa shape index (κ2) is 13.4. The maximum absolute atomic E-state index is 12.9. The first-order valence-electron chi connectivity index (χ1n) is 11.0. The molecule has 3 rings (SSSR count). The Morgan fingerprint density at radius 1 is 1.11 bits per heavy atom. The molecule has 2 N–H and O–H groups in total. The predicted molar refractivity (Wildman–Crippen MR) is 143 cm³/mol. The Morgan fingerprint density at radius 3 is 2.46 bits per heavy atom. The van der Waals surface area contributed by atoms with Gasteiger partial charge in [-0.15, -0.1) is 10.2 Å². The molecule has 3 aromatic rings. The van der Waals surface area contributed by atoms with Crippen LogP contribution in [0.2, 0.25) is 5.02 Å². The van der Waals surface area contributed by atoms with Crippen molar-refractivity contribution < 1.29 is 14.3 Å². The van der Waals surface area contributed by atoms with Crippen LogP contribution in [-0.2, 0) is 11.3 Å². The molecule has 0 aliphatic heterocycles. The molecule has 1 aromatic heterocycles. The number of nitrogens with zero attached hydrogens (tertiary/aromatic N) is 3. The fourth-order valence-electron chi connectivity index (χ4n) is 3.31. The molecule has 186 valence electrons. The van der Waals surface area contributed by atoms with Crippen LogP contribution in [-0.4, -0.2) is 51.5 Å². The highest BCUT2D eigenvalue weighted by Crippen LogP contribution is 2.24. The molecule has 0 spiro atoms. The highest BCUT2D eigenvalue weighted by molar-refractivity contribution is 7.99. The van der Waals surface area contributed by atoms with Gasteiger partial charge in [0.25, 0.3) is 5.91 Å². The van der Waals surface area contributed by atoms with Gasteiger partial charge in [0.1, 0.15) is 5.75 Å². The van der Waals surface area contributed by atoms with Gasteiger partial charge < -0.3 is 19.9 Å². The Balaban J connectivity index is 1.70. The molecule has 11 heteroatoms. The lowest BCUT2D eigenvalue weighted by atomic mass is 10.1. The zero-order valence-electron chi connectivity index (χ0n) is 19.8. The molecule has 0 saturated carbocycles. The molecule has 2 aromatic carbocycles. The summed E-state index contributed by atoms with van der Waals surface area (Å²) in [7, 11) is 1.59. The molecule has 2 amide bonds. The topological polar surface area (TPSA) is 98.1 Å². The number of halogens is 1. The quantitative estimate of drug-likeness (QED) is 0.319. The number of carbonyl (C=O) groups excluding carboxylic acids is 2. The van der Waals surface area contributed by atoms with E-state index in [0.717, 1.165) is 5.75 Å². The molecule has 0 fully saturated rings. The van der Waals surface area contributed by atoms with E-state index < -0.39 is 0 Å². The fourth-order valence-corrected chi connectivity index (χ4v) is 4.71. The second-order valence-electron chi connectivity index (χ2n) is 7.46. The molecular weight excluding hydrogens is 506 g/mol. The van der Waals surface area contributed by atoms with Gasteiger partial charge in [-0.2, -0.15) is 11.8 Å². The smallest absolute Gasteiger partial charge is 0.251 e. The molecule has 8 nitrogen and oxygen atoms in total. The number of amides is 2. The number of anilines is 1. The first-order valence-corrected chi connectivity index (χ1v) is 13.8. The zero-order chi connectivity index (χ0) is 25.2. The number of nitrogens with one attached hydrogen (secondary N) is 2. The molecular formula is C24H28ClN5O3S2. The third kappa shape index (κ3) is 7.65. The Bertz CT molecular complexity index is 1120. The van der Waals surface area contributed by atoms with E-state index in [0.29, 0.717) is 46.0 Å². The van der Waals surface area contributed by atoms with Gasteiger partial charge in [0.05, 0.1) is 18.9 Å². The van der Waals surface area contributed by atoms with Gasteiger partial charge in [-0.25, -0.2) is 0 Å². The van der Waals surface area contributed by atoms with Crippen LogP contribution < -0.4 is 15.4 Å². The molecule has 1 atom stereocenters. The van der Waals surface area contributed by atoms with E-state index in [4.69, 9.17) is 16.3 Å². The van der Waals surface area contributed by atoms with Crippen LogP contribution in [0, 0.1) is 0 Å². The fraction of sp³-hybridized carbons (Fsp3) is 0.333. The summed E-state index contributed by atoms with van der Waals surface area (Å²) in [5.41, 5.74) is 1.21. The van der Waals surface area contributed by atoms with Crippen molar-refractivity contribution >= 4 is 52.6 Å². The van der Waals surface area contributed by atoms with Crippen molar-refractivity contribution in [2.45, 2.75) is 31.1 Å². The molecule has 0 aliphatic rings. The number of carbonyl (C=O) groups is 2. The molecule has 0 aliphatic carbocycles. The van der Waals surface area contributed by atoms with Crippen LogP contribution in [0.4, 0.5) is 5.69 Å². The maximum Gasteiger partial charge on any atom is 0.251 e. The number of hydrogen-bond acceptors (Lipinski definition) is 7. The number of rotatable bonds is 12. The van der Waals surface area contributed by atoms with E-state index in [1.165, 1.54) is 11.8 Å². The van der Waals surface area contributed by atoms with E-state index >= 15 is 0 Å². The Labute approximate surface area is 218 Å². The summed E-state index contributed by atoms with van der Waals surface area (Å²) in [6, 6.07) is 13.6. The van der Waals surface area contributed by atoms with Crippen molar-refractivity contribution in [3.8, 4) is 5.75 Å². The van der Waals surface area contributed by atoms with Crippen LogP contribution in [0.3, 0.4) is 0 Å². The monoisotopic (exact) mass is 533 g/mol. The van der Waals surface area contributed by atoms with Crippen LogP contribution in [0.25, 0.3) is 0 Å². The number of hydrogen-bond donors (Lipinski definition) is 2. The largest absolute Gasteiger partial charge is 0.497 e. The van der Waals surface area contributed by atoms with Crippen molar-refractivity contribution in [3.05, 3.63) is 64.9 Å². The van der Waals surface area contributed by atoms with Crippen molar-refractivity contribution in [3.63, 3.8) is 0 Å². The predicted octanol–water partition coefficient (Wildman–Crippen LogP) is 4.92. The summed E-state index contributed by atoms with van der Waals surface area (Å²) >= 11 is 8.89. The maximum atomic E-state index is 12.9. The van der Waals surface area contributed by atoms with E-state index in [1.807, 2.05) is 17.7 Å². The number of aromatic nitrogens is 3. The van der Waals surface area contributed by atoms with Gasteiger partial charge in [-0.1, -0.05) is 23.4 Å². The number of methoxy groups -OCH3 is 1. The van der Waals surface area contributed by atoms with Crippen LogP contribution in [0.1, 0.15) is 35.6 Å². The third-order valence-electron chi connectivity index (χ3n) is 5.10. The van der Waals surface area contributed by atoms with Crippen LogP contribution in [0.5, 0.6) is 5.75 Å². The van der Waals surface area contributed by atoms with Crippen molar-refractivity contribution in [1.82, 2.24) is 20.1 Å². The normalized spacial score (nSPS) is 11.7. The van der Waals surface area contributed by atoms with Gasteiger partial charge in [0.15, 0.2) is 11.0 Å². The van der Waals surface area contributed by atoms with E-state index in [9.17, 15) is 9.59 Å². The lowest BCUT2D eigenvalue weighted by molar-refractivity contribution is -0.113. The summed E-state index contributed by atoms with van der Waals surface area (Å²) in [4.78, 5) is 25.3. The van der Waals surface area contributed by atoms with Gasteiger partial charge >= 0.3 is 0 Å². The molecule has 0 saturated heterocycles. The van der Waals surface area contributed by atoms with E-state index in [2.05, 4.69) is 20.8 Å². The Hall–Kier alpha value is -2.69. The number of ether oxygens (including phenoxy) is 1. The molecule has 0 radical (unpaired) electrons. The molecule has 35 heavy (non-hydrogen) atoms. The lowest BCUT2D eigenvalue weighted by Gasteiger charge is -2.19. The lowest BCUT2D eigenvalue weighted by Crippen LogP contribution is -2.31. The Kier molecular flexibility index (Phi) is 10.3.